The monoisotopic (exact) mass is 258 g/mol. The molecule has 3 rings (SSSR count). The van der Waals surface area contributed by atoms with Crippen molar-refractivity contribution in [3.05, 3.63) is 53.0 Å². The molecule has 2 aromatic rings. The fraction of sp³-hybridized carbons (Fsp3) is 0.267. The molecule has 0 fully saturated rings. The Labute approximate surface area is 111 Å². The van der Waals surface area contributed by atoms with Crippen molar-refractivity contribution in [1.29, 1.82) is 0 Å². The summed E-state index contributed by atoms with van der Waals surface area (Å²) in [7, 11) is 0. The van der Waals surface area contributed by atoms with E-state index >= 15 is 0 Å². The number of benzene rings is 1. The van der Waals surface area contributed by atoms with Gasteiger partial charge in [-0.2, -0.15) is 0 Å². The van der Waals surface area contributed by atoms with Crippen molar-refractivity contribution >= 4 is 11.5 Å². The molecular formula is C15H15FN2O. The van der Waals surface area contributed by atoms with Gasteiger partial charge in [-0.25, -0.2) is 9.37 Å². The lowest BCUT2D eigenvalue weighted by Gasteiger charge is -2.19. The molecule has 0 atom stereocenters. The van der Waals surface area contributed by atoms with E-state index in [-0.39, 0.29) is 12.4 Å². The van der Waals surface area contributed by atoms with Gasteiger partial charge >= 0.3 is 0 Å². The number of nitrogens with zero attached hydrogens (tertiary/aromatic N) is 2. The zero-order valence-corrected chi connectivity index (χ0v) is 10.7. The Morgan fingerprint density at radius 2 is 2.16 bits per heavy atom. The Morgan fingerprint density at radius 3 is 2.95 bits per heavy atom. The van der Waals surface area contributed by atoms with Crippen LogP contribution in [0.15, 0.2) is 30.3 Å². The maximum atomic E-state index is 13.4. The van der Waals surface area contributed by atoms with Crippen LogP contribution in [0.1, 0.15) is 16.8 Å². The van der Waals surface area contributed by atoms with Gasteiger partial charge in [-0.15, -0.1) is 0 Å². The van der Waals surface area contributed by atoms with E-state index in [1.54, 1.807) is 6.07 Å². The summed E-state index contributed by atoms with van der Waals surface area (Å²) in [5.74, 6) is 0.536. The van der Waals surface area contributed by atoms with E-state index in [0.29, 0.717) is 0 Å². The highest BCUT2D eigenvalue weighted by Gasteiger charge is 2.22. The first-order valence-corrected chi connectivity index (χ1v) is 6.32. The summed E-state index contributed by atoms with van der Waals surface area (Å²) >= 11 is 0. The number of aromatic nitrogens is 1. The smallest absolute Gasteiger partial charge is 0.133 e. The number of hydrogen-bond donors (Lipinski definition) is 1. The van der Waals surface area contributed by atoms with E-state index in [0.717, 1.165) is 41.3 Å². The van der Waals surface area contributed by atoms with Gasteiger partial charge in [0.05, 0.1) is 6.61 Å². The number of hydrogen-bond acceptors (Lipinski definition) is 3. The number of pyridine rings is 1. The first-order chi connectivity index (χ1) is 9.17. The summed E-state index contributed by atoms with van der Waals surface area (Å²) < 4.78 is 13.4. The largest absolute Gasteiger partial charge is 0.392 e. The van der Waals surface area contributed by atoms with E-state index in [2.05, 4.69) is 4.98 Å². The molecule has 0 saturated carbocycles. The van der Waals surface area contributed by atoms with Crippen LogP contribution in [0.2, 0.25) is 0 Å². The van der Waals surface area contributed by atoms with Crippen LogP contribution in [-0.4, -0.2) is 16.6 Å². The Hall–Kier alpha value is -1.94. The summed E-state index contributed by atoms with van der Waals surface area (Å²) in [5, 5.41) is 9.26. The summed E-state index contributed by atoms with van der Waals surface area (Å²) in [6, 6.07) is 8.57. The maximum Gasteiger partial charge on any atom is 0.133 e. The minimum atomic E-state index is -0.235. The van der Waals surface area contributed by atoms with E-state index in [1.165, 1.54) is 6.07 Å². The highest BCUT2D eigenvalue weighted by molar-refractivity contribution is 5.68. The molecule has 1 aliphatic rings. The molecular weight excluding hydrogens is 243 g/mol. The quantitative estimate of drug-likeness (QED) is 0.899. The first-order valence-electron chi connectivity index (χ1n) is 6.32. The fourth-order valence-electron chi connectivity index (χ4n) is 2.54. The van der Waals surface area contributed by atoms with Crippen LogP contribution < -0.4 is 4.90 Å². The number of anilines is 2. The molecule has 0 saturated heterocycles. The van der Waals surface area contributed by atoms with Gasteiger partial charge in [-0.3, -0.25) is 0 Å². The van der Waals surface area contributed by atoms with Crippen molar-refractivity contribution in [2.45, 2.75) is 20.0 Å². The molecule has 1 aromatic heterocycles. The number of aliphatic hydroxyl groups is 1. The Balaban J connectivity index is 2.06. The zero-order valence-electron chi connectivity index (χ0n) is 10.7. The second-order valence-electron chi connectivity index (χ2n) is 4.81. The van der Waals surface area contributed by atoms with Crippen molar-refractivity contribution in [1.82, 2.24) is 4.98 Å². The van der Waals surface area contributed by atoms with Crippen LogP contribution in [0.3, 0.4) is 0 Å². The number of aliphatic hydroxyl groups excluding tert-OH is 1. The van der Waals surface area contributed by atoms with Crippen LogP contribution >= 0.6 is 0 Å². The summed E-state index contributed by atoms with van der Waals surface area (Å²) in [4.78, 5) is 6.49. The van der Waals surface area contributed by atoms with Crippen molar-refractivity contribution in [2.24, 2.45) is 0 Å². The maximum absolute atomic E-state index is 13.4. The van der Waals surface area contributed by atoms with E-state index in [4.69, 9.17) is 0 Å². The van der Waals surface area contributed by atoms with Crippen LogP contribution in [0.25, 0.3) is 0 Å². The van der Waals surface area contributed by atoms with E-state index in [9.17, 15) is 9.50 Å². The Morgan fingerprint density at radius 1 is 1.32 bits per heavy atom. The van der Waals surface area contributed by atoms with Gasteiger partial charge in [-0.1, -0.05) is 6.07 Å². The lowest BCUT2D eigenvalue weighted by atomic mass is 10.1. The molecule has 0 radical (unpaired) electrons. The molecule has 1 aromatic carbocycles. The predicted molar refractivity (Wildman–Crippen MR) is 72.0 cm³/mol. The third-order valence-corrected chi connectivity index (χ3v) is 3.40. The van der Waals surface area contributed by atoms with Crippen LogP contribution in [-0.2, 0) is 13.0 Å². The van der Waals surface area contributed by atoms with Gasteiger partial charge in [0.15, 0.2) is 0 Å². The summed E-state index contributed by atoms with van der Waals surface area (Å²) in [6.45, 7) is 2.67. The minimum Gasteiger partial charge on any atom is -0.392 e. The van der Waals surface area contributed by atoms with Crippen molar-refractivity contribution in [3.8, 4) is 0 Å². The zero-order chi connectivity index (χ0) is 13.4. The number of aryl methyl sites for hydroxylation is 1. The summed E-state index contributed by atoms with van der Waals surface area (Å²) in [5.41, 5.74) is 3.69. The second-order valence-corrected chi connectivity index (χ2v) is 4.81. The molecule has 2 heterocycles. The molecule has 0 amide bonds. The average molecular weight is 258 g/mol. The molecule has 1 N–H and O–H groups in total. The first kappa shape index (κ1) is 12.1. The van der Waals surface area contributed by atoms with E-state index < -0.39 is 0 Å². The van der Waals surface area contributed by atoms with Crippen LogP contribution in [0.4, 0.5) is 15.9 Å². The lowest BCUT2D eigenvalue weighted by Crippen LogP contribution is -2.15. The van der Waals surface area contributed by atoms with Gasteiger partial charge in [0.2, 0.25) is 0 Å². The van der Waals surface area contributed by atoms with Gasteiger partial charge in [-0.05, 0) is 48.7 Å². The molecule has 0 aliphatic carbocycles. The predicted octanol–water partition coefficient (Wildman–Crippen LogP) is 2.72. The average Bonchev–Trinajstić information content (AvgIpc) is 2.80. The van der Waals surface area contributed by atoms with Crippen molar-refractivity contribution < 1.29 is 9.50 Å². The van der Waals surface area contributed by atoms with Gasteiger partial charge in [0.1, 0.15) is 11.6 Å². The Kier molecular flexibility index (Phi) is 2.95. The standard InChI is InChI=1S/C15H15FN2O/c1-10-6-11(9-19)7-15(17-10)18-5-4-12-2-3-13(16)8-14(12)18/h2-3,6-8,19H,4-5,9H2,1H3. The SMILES string of the molecule is Cc1cc(CO)cc(N2CCc3ccc(F)cc32)n1. The van der Waals surface area contributed by atoms with Gasteiger partial charge in [0, 0.05) is 17.9 Å². The van der Waals surface area contributed by atoms with Gasteiger partial charge in [0.25, 0.3) is 0 Å². The molecule has 98 valence electrons. The fourth-order valence-corrected chi connectivity index (χ4v) is 2.54. The molecule has 0 spiro atoms. The molecule has 1 aliphatic heterocycles. The minimum absolute atomic E-state index is 0.0137. The van der Waals surface area contributed by atoms with Crippen LogP contribution in [0, 0.1) is 12.7 Å². The van der Waals surface area contributed by atoms with Crippen molar-refractivity contribution in [3.63, 3.8) is 0 Å². The number of halogens is 1. The molecule has 3 nitrogen and oxygen atoms in total. The normalized spacial score (nSPS) is 13.7. The number of rotatable bonds is 2. The molecule has 4 heteroatoms. The van der Waals surface area contributed by atoms with E-state index in [1.807, 2.05) is 30.0 Å². The Bertz CT molecular complexity index is 628. The molecule has 0 unspecified atom stereocenters. The van der Waals surface area contributed by atoms with Gasteiger partial charge < -0.3 is 10.0 Å². The highest BCUT2D eigenvalue weighted by atomic mass is 19.1. The van der Waals surface area contributed by atoms with Crippen LogP contribution in [0.5, 0.6) is 0 Å². The summed E-state index contributed by atoms with van der Waals surface area (Å²) in [6.07, 6.45) is 0.889. The third kappa shape index (κ3) is 2.19. The third-order valence-electron chi connectivity index (χ3n) is 3.40. The highest BCUT2D eigenvalue weighted by Crippen LogP contribution is 2.34. The topological polar surface area (TPSA) is 36.4 Å². The second kappa shape index (κ2) is 4.63. The van der Waals surface area contributed by atoms with Crippen molar-refractivity contribution in [2.75, 3.05) is 11.4 Å². The molecule has 19 heavy (non-hydrogen) atoms. The molecule has 0 bridgehead atoms. The lowest BCUT2D eigenvalue weighted by molar-refractivity contribution is 0.281. The number of fused-ring (bicyclic) bond motifs is 1.